The zero-order valence-corrected chi connectivity index (χ0v) is 21.3. The van der Waals surface area contributed by atoms with Gasteiger partial charge in [0.05, 0.1) is 33.4 Å². The quantitative estimate of drug-likeness (QED) is 0.264. The van der Waals surface area contributed by atoms with Crippen LogP contribution in [0.2, 0.25) is 5.02 Å². The van der Waals surface area contributed by atoms with Gasteiger partial charge < -0.3 is 21.3 Å². The van der Waals surface area contributed by atoms with Gasteiger partial charge in [0.25, 0.3) is 17.7 Å². The summed E-state index contributed by atoms with van der Waals surface area (Å²) in [5.74, 6) is -6.25. The molecule has 40 heavy (non-hydrogen) atoms. The van der Waals surface area contributed by atoms with E-state index >= 15 is 0 Å². The summed E-state index contributed by atoms with van der Waals surface area (Å²) < 4.78 is 53.4. The van der Waals surface area contributed by atoms with Gasteiger partial charge in [-0.25, -0.2) is 4.39 Å². The van der Waals surface area contributed by atoms with Crippen LogP contribution in [-0.2, 0) is 20.6 Å². The van der Waals surface area contributed by atoms with Crippen LogP contribution in [0.1, 0.15) is 52.0 Å². The Morgan fingerprint density at radius 3 is 2.42 bits per heavy atom. The van der Waals surface area contributed by atoms with Gasteiger partial charge in [0.2, 0.25) is 11.7 Å². The average molecular weight is 584 g/mol. The molecule has 4 rings (SSSR count). The predicted molar refractivity (Wildman–Crippen MR) is 132 cm³/mol. The number of carbonyl (C=O) groups excluding carboxylic acids is 5. The lowest BCUT2D eigenvalue weighted by atomic mass is 9.95. The first-order chi connectivity index (χ1) is 18.8. The number of hydrogen-bond acceptors (Lipinski definition) is 6. The molecule has 4 N–H and O–H groups in total. The first-order valence-electron chi connectivity index (χ1n) is 12.1. The predicted octanol–water partition coefficient (Wildman–Crippen LogP) is 2.62. The Balaban J connectivity index is 1.59. The smallest absolute Gasteiger partial charge is 0.356 e. The fraction of sp³-hybridized carbons (Fsp3) is 0.360. The van der Waals surface area contributed by atoms with Gasteiger partial charge in [0, 0.05) is 30.9 Å². The van der Waals surface area contributed by atoms with Gasteiger partial charge in [-0.05, 0) is 43.9 Å². The molecule has 1 aliphatic carbocycles. The van der Waals surface area contributed by atoms with Crippen molar-refractivity contribution in [3.63, 3.8) is 0 Å². The second-order valence-corrected chi connectivity index (χ2v) is 9.78. The molecule has 2 fully saturated rings. The number of nitrogens with one attached hydrogen (secondary N) is 4. The van der Waals surface area contributed by atoms with E-state index in [2.05, 4.69) is 26.3 Å². The number of hydrogen-bond donors (Lipinski definition) is 4. The molecular formula is C25H22ClF4N5O5. The summed E-state index contributed by atoms with van der Waals surface area (Å²) in [5, 5.41) is 9.10. The van der Waals surface area contributed by atoms with Crippen molar-refractivity contribution >= 4 is 46.7 Å². The molecule has 2 aromatic rings. The number of amides is 4. The maximum atomic E-state index is 14.3. The first-order valence-corrected chi connectivity index (χ1v) is 12.5. The lowest BCUT2D eigenvalue weighted by Crippen LogP contribution is -2.49. The molecule has 0 spiro atoms. The number of aromatic nitrogens is 1. The van der Waals surface area contributed by atoms with E-state index in [1.54, 1.807) is 0 Å². The molecule has 0 radical (unpaired) electrons. The van der Waals surface area contributed by atoms with Crippen molar-refractivity contribution in [2.24, 2.45) is 5.92 Å². The van der Waals surface area contributed by atoms with E-state index < -0.39 is 74.9 Å². The molecule has 1 saturated carbocycles. The van der Waals surface area contributed by atoms with Gasteiger partial charge in [-0.1, -0.05) is 11.6 Å². The molecule has 2 aliphatic rings. The Kier molecular flexibility index (Phi) is 8.37. The van der Waals surface area contributed by atoms with Crippen molar-refractivity contribution in [2.75, 3.05) is 11.9 Å². The number of nitrogens with zero attached hydrogens (tertiary/aromatic N) is 1. The van der Waals surface area contributed by atoms with Crippen LogP contribution in [-0.4, -0.2) is 53.0 Å². The fourth-order valence-corrected chi connectivity index (χ4v) is 4.18. The van der Waals surface area contributed by atoms with Crippen LogP contribution >= 0.6 is 11.6 Å². The standard InChI is InChI=1S/C25H22ClF4N5O5/c26-16-7-15(18(8-17(16)27)34-22(38)12-5-13(10-31-9-12)25(28,29)30)23(39)35-19(6-11-3-4-32-21(11)37)20(36)24(40)33-14-1-2-14/h5,7-11,14,19H,1-4,6H2,(H,32,37)(H,33,40)(H,34,38)(H,35,39)/t11-,19-/m0/s1. The van der Waals surface area contributed by atoms with Gasteiger partial charge in [-0.3, -0.25) is 29.0 Å². The molecular weight excluding hydrogens is 562 g/mol. The van der Waals surface area contributed by atoms with E-state index in [-0.39, 0.29) is 18.4 Å². The zero-order chi connectivity index (χ0) is 29.2. The number of pyridine rings is 1. The zero-order valence-electron chi connectivity index (χ0n) is 20.5. The van der Waals surface area contributed by atoms with Gasteiger partial charge in [0.15, 0.2) is 0 Å². The summed E-state index contributed by atoms with van der Waals surface area (Å²) in [6.45, 7) is 0.348. The molecule has 0 bridgehead atoms. The summed E-state index contributed by atoms with van der Waals surface area (Å²) in [5.41, 5.74) is -2.67. The molecule has 1 aromatic carbocycles. The minimum atomic E-state index is -4.79. The Morgan fingerprint density at radius 1 is 1.07 bits per heavy atom. The van der Waals surface area contributed by atoms with E-state index in [4.69, 9.17) is 11.6 Å². The summed E-state index contributed by atoms with van der Waals surface area (Å²) in [7, 11) is 0. The van der Waals surface area contributed by atoms with Crippen molar-refractivity contribution in [1.82, 2.24) is 20.9 Å². The number of anilines is 1. The molecule has 15 heteroatoms. The van der Waals surface area contributed by atoms with E-state index in [0.29, 0.717) is 44.1 Å². The molecule has 4 amide bonds. The van der Waals surface area contributed by atoms with Crippen molar-refractivity contribution in [2.45, 2.75) is 43.9 Å². The lowest BCUT2D eigenvalue weighted by Gasteiger charge is -2.21. The molecule has 1 aromatic heterocycles. The highest BCUT2D eigenvalue weighted by Gasteiger charge is 2.36. The Morgan fingerprint density at radius 2 is 1.80 bits per heavy atom. The van der Waals surface area contributed by atoms with Crippen LogP contribution in [0.4, 0.5) is 23.2 Å². The minimum Gasteiger partial charge on any atom is -0.356 e. The highest BCUT2D eigenvalue weighted by atomic mass is 35.5. The van der Waals surface area contributed by atoms with Crippen molar-refractivity contribution < 1.29 is 41.5 Å². The van der Waals surface area contributed by atoms with Gasteiger partial charge >= 0.3 is 6.18 Å². The molecule has 2 heterocycles. The van der Waals surface area contributed by atoms with Crippen LogP contribution in [0.5, 0.6) is 0 Å². The second kappa shape index (κ2) is 11.6. The van der Waals surface area contributed by atoms with E-state index in [1.807, 2.05) is 0 Å². The third-order valence-electron chi connectivity index (χ3n) is 6.32. The van der Waals surface area contributed by atoms with Crippen LogP contribution in [0.15, 0.2) is 30.6 Å². The number of benzene rings is 1. The van der Waals surface area contributed by atoms with Crippen LogP contribution < -0.4 is 21.3 Å². The molecule has 1 saturated heterocycles. The molecule has 212 valence electrons. The number of alkyl halides is 3. The Hall–Kier alpha value is -4.07. The highest BCUT2D eigenvalue weighted by molar-refractivity contribution is 6.38. The molecule has 0 unspecified atom stereocenters. The van der Waals surface area contributed by atoms with Gasteiger partial charge in [0.1, 0.15) is 5.82 Å². The Bertz CT molecular complexity index is 1380. The number of carbonyl (C=O) groups is 5. The summed E-state index contributed by atoms with van der Waals surface area (Å²) in [4.78, 5) is 66.9. The SMILES string of the molecule is O=C(NC1CC1)C(=O)[C@H](C[C@@H]1CCNC1=O)NC(=O)c1cc(Cl)c(F)cc1NC(=O)c1cncc(C(F)(F)F)c1. The van der Waals surface area contributed by atoms with Crippen LogP contribution in [0.25, 0.3) is 0 Å². The lowest BCUT2D eigenvalue weighted by molar-refractivity contribution is -0.139. The summed E-state index contributed by atoms with van der Waals surface area (Å²) in [6.07, 6.45) is -1.89. The molecule has 10 nitrogen and oxygen atoms in total. The highest BCUT2D eigenvalue weighted by Crippen LogP contribution is 2.30. The van der Waals surface area contributed by atoms with Crippen molar-refractivity contribution in [3.8, 4) is 0 Å². The topological polar surface area (TPSA) is 146 Å². The Labute approximate surface area is 229 Å². The first kappa shape index (κ1) is 28.9. The number of rotatable bonds is 9. The third-order valence-corrected chi connectivity index (χ3v) is 6.61. The normalized spacial score (nSPS) is 17.5. The summed E-state index contributed by atoms with van der Waals surface area (Å²) >= 11 is 5.84. The fourth-order valence-electron chi connectivity index (χ4n) is 4.02. The van der Waals surface area contributed by atoms with Gasteiger partial charge in [-0.2, -0.15) is 13.2 Å². The second-order valence-electron chi connectivity index (χ2n) is 9.38. The monoisotopic (exact) mass is 583 g/mol. The number of Topliss-reactive ketones (excluding diaryl/α,β-unsaturated/α-hetero) is 1. The minimum absolute atomic E-state index is 0.161. The van der Waals surface area contributed by atoms with Crippen LogP contribution in [0.3, 0.4) is 0 Å². The van der Waals surface area contributed by atoms with Gasteiger partial charge in [-0.15, -0.1) is 0 Å². The number of ketones is 1. The summed E-state index contributed by atoms with van der Waals surface area (Å²) in [6, 6.07) is 0.428. The number of halogens is 5. The maximum absolute atomic E-state index is 14.3. The molecule has 1 aliphatic heterocycles. The van der Waals surface area contributed by atoms with E-state index in [1.165, 1.54) is 0 Å². The molecule has 2 atom stereocenters. The average Bonchev–Trinajstić information content (AvgIpc) is 3.63. The van der Waals surface area contributed by atoms with E-state index in [9.17, 15) is 41.5 Å². The largest absolute Gasteiger partial charge is 0.417 e. The maximum Gasteiger partial charge on any atom is 0.417 e. The van der Waals surface area contributed by atoms with E-state index in [0.717, 1.165) is 12.3 Å². The third kappa shape index (κ3) is 6.92. The van der Waals surface area contributed by atoms with Crippen molar-refractivity contribution in [1.29, 1.82) is 0 Å². The van der Waals surface area contributed by atoms with Crippen molar-refractivity contribution in [3.05, 3.63) is 58.1 Å². The van der Waals surface area contributed by atoms with Crippen LogP contribution in [0, 0.1) is 11.7 Å².